The maximum absolute atomic E-state index is 12.8. The number of fused-ring (bicyclic) bond motifs is 1. The molecule has 148 valence electrons. The van der Waals surface area contributed by atoms with E-state index >= 15 is 0 Å². The Morgan fingerprint density at radius 3 is 2.59 bits per heavy atom. The number of thiazole rings is 1. The third-order valence-electron chi connectivity index (χ3n) is 4.07. The highest BCUT2D eigenvalue weighted by atomic mass is 32.2. The third kappa shape index (κ3) is 3.97. The van der Waals surface area contributed by atoms with E-state index in [2.05, 4.69) is 19.9 Å². The molecule has 0 aliphatic heterocycles. The number of anilines is 1. The number of nitrogens with zero attached hydrogens (tertiary/aromatic N) is 3. The zero-order chi connectivity index (χ0) is 20.6. The van der Waals surface area contributed by atoms with E-state index in [-0.39, 0.29) is 10.8 Å². The molecule has 11 heteroatoms. The van der Waals surface area contributed by atoms with Crippen molar-refractivity contribution in [3.05, 3.63) is 47.3 Å². The molecule has 29 heavy (non-hydrogen) atoms. The van der Waals surface area contributed by atoms with Crippen LogP contribution in [-0.2, 0) is 9.84 Å². The fourth-order valence-electron chi connectivity index (χ4n) is 2.62. The van der Waals surface area contributed by atoms with Gasteiger partial charge in [-0.05, 0) is 54.0 Å². The Labute approximate surface area is 174 Å². The molecular formula is C18H14N4O4S3. The average Bonchev–Trinajstić information content (AvgIpc) is 3.33. The number of carbonyl (C=O) groups is 1. The number of hydrogen-bond donors (Lipinski definition) is 1. The van der Waals surface area contributed by atoms with Gasteiger partial charge in [0, 0.05) is 11.8 Å². The third-order valence-corrected chi connectivity index (χ3v) is 6.83. The van der Waals surface area contributed by atoms with Crippen LogP contribution in [0.25, 0.3) is 21.5 Å². The lowest BCUT2D eigenvalue weighted by atomic mass is 10.1. The average molecular weight is 447 g/mol. The van der Waals surface area contributed by atoms with Gasteiger partial charge in [-0.3, -0.25) is 10.1 Å². The second-order valence-corrected chi connectivity index (χ2v) is 9.85. The van der Waals surface area contributed by atoms with Crippen LogP contribution in [0.1, 0.15) is 9.67 Å². The maximum Gasteiger partial charge on any atom is 0.271 e. The molecule has 1 amide bonds. The molecule has 0 saturated carbocycles. The summed E-state index contributed by atoms with van der Waals surface area (Å²) in [4.78, 5) is 17.7. The van der Waals surface area contributed by atoms with Crippen molar-refractivity contribution in [2.45, 2.75) is 4.90 Å². The second kappa shape index (κ2) is 7.50. The zero-order valence-electron chi connectivity index (χ0n) is 15.2. The van der Waals surface area contributed by atoms with E-state index in [1.54, 1.807) is 43.5 Å². The van der Waals surface area contributed by atoms with Gasteiger partial charge in [0.05, 0.1) is 22.2 Å². The molecule has 1 N–H and O–H groups in total. The number of rotatable bonds is 5. The van der Waals surface area contributed by atoms with Crippen molar-refractivity contribution in [2.75, 3.05) is 18.7 Å². The highest BCUT2D eigenvalue weighted by Gasteiger charge is 2.20. The van der Waals surface area contributed by atoms with Crippen LogP contribution in [0.5, 0.6) is 5.75 Å². The Bertz CT molecular complexity index is 1310. The molecule has 0 atom stereocenters. The normalized spacial score (nSPS) is 11.5. The molecule has 4 rings (SSSR count). The van der Waals surface area contributed by atoms with Crippen LogP contribution in [0.4, 0.5) is 5.13 Å². The molecule has 0 fully saturated rings. The predicted octanol–water partition coefficient (Wildman–Crippen LogP) is 3.48. The van der Waals surface area contributed by atoms with Crippen LogP contribution < -0.4 is 10.1 Å². The summed E-state index contributed by atoms with van der Waals surface area (Å²) < 4.78 is 33.2. The van der Waals surface area contributed by atoms with E-state index in [0.717, 1.165) is 23.4 Å². The molecule has 4 aromatic rings. The van der Waals surface area contributed by atoms with E-state index in [0.29, 0.717) is 31.7 Å². The predicted molar refractivity (Wildman–Crippen MR) is 113 cm³/mol. The molecule has 0 radical (unpaired) electrons. The molecule has 0 aliphatic rings. The minimum atomic E-state index is -3.32. The van der Waals surface area contributed by atoms with Crippen molar-refractivity contribution in [1.82, 2.24) is 14.6 Å². The summed E-state index contributed by atoms with van der Waals surface area (Å²) >= 11 is 2.19. The summed E-state index contributed by atoms with van der Waals surface area (Å²) in [7, 11) is -1.74. The number of ether oxygens (including phenoxy) is 1. The molecule has 0 bridgehead atoms. The van der Waals surface area contributed by atoms with Crippen LogP contribution in [-0.4, -0.2) is 42.3 Å². The van der Waals surface area contributed by atoms with Gasteiger partial charge in [-0.2, -0.15) is 0 Å². The smallest absolute Gasteiger partial charge is 0.271 e. The Morgan fingerprint density at radius 2 is 1.90 bits per heavy atom. The van der Waals surface area contributed by atoms with E-state index < -0.39 is 9.84 Å². The number of aromatic nitrogens is 3. The van der Waals surface area contributed by atoms with Crippen molar-refractivity contribution < 1.29 is 17.9 Å². The first-order chi connectivity index (χ1) is 13.8. The standard InChI is InChI=1S/C18H14N4O4S3/c1-26-11-5-3-10(4-6-11)15-16(28-22-21-15)17(23)20-18-19-13-8-7-12(29(2,24)25)9-14(13)27-18/h3-9H,1-2H3,(H,19,20,23). The van der Waals surface area contributed by atoms with E-state index in [9.17, 15) is 13.2 Å². The lowest BCUT2D eigenvalue weighted by molar-refractivity contribution is 0.103. The van der Waals surface area contributed by atoms with E-state index in [4.69, 9.17) is 4.74 Å². The molecule has 8 nitrogen and oxygen atoms in total. The Hall–Kier alpha value is -2.89. The summed E-state index contributed by atoms with van der Waals surface area (Å²) in [5.74, 6) is 0.319. The Balaban J connectivity index is 1.61. The molecule has 0 aliphatic carbocycles. The molecular weight excluding hydrogens is 432 g/mol. The van der Waals surface area contributed by atoms with Crippen molar-refractivity contribution in [3.63, 3.8) is 0 Å². The molecule has 2 heterocycles. The minimum Gasteiger partial charge on any atom is -0.497 e. The van der Waals surface area contributed by atoms with Crippen LogP contribution in [0, 0.1) is 0 Å². The lowest BCUT2D eigenvalue weighted by Gasteiger charge is -2.03. The van der Waals surface area contributed by atoms with Crippen LogP contribution in [0.15, 0.2) is 47.4 Å². The van der Waals surface area contributed by atoms with Crippen molar-refractivity contribution in [3.8, 4) is 17.0 Å². The number of carbonyl (C=O) groups excluding carboxylic acids is 1. The summed E-state index contributed by atoms with van der Waals surface area (Å²) in [5, 5.41) is 7.18. The van der Waals surface area contributed by atoms with E-state index in [1.165, 1.54) is 17.4 Å². The number of methoxy groups -OCH3 is 1. The van der Waals surface area contributed by atoms with Gasteiger partial charge in [-0.25, -0.2) is 13.4 Å². The number of benzene rings is 2. The van der Waals surface area contributed by atoms with Gasteiger partial charge in [-0.1, -0.05) is 15.8 Å². The molecule has 0 spiro atoms. The number of nitrogens with one attached hydrogen (secondary N) is 1. The highest BCUT2D eigenvalue weighted by Crippen LogP contribution is 2.30. The topological polar surface area (TPSA) is 111 Å². The highest BCUT2D eigenvalue weighted by molar-refractivity contribution is 7.90. The van der Waals surface area contributed by atoms with Gasteiger partial charge in [0.15, 0.2) is 15.0 Å². The van der Waals surface area contributed by atoms with Gasteiger partial charge >= 0.3 is 0 Å². The van der Waals surface area contributed by atoms with Gasteiger partial charge in [0.2, 0.25) is 0 Å². The lowest BCUT2D eigenvalue weighted by Crippen LogP contribution is -2.11. The number of hydrogen-bond acceptors (Lipinski definition) is 9. The van der Waals surface area contributed by atoms with Crippen molar-refractivity contribution in [1.29, 1.82) is 0 Å². The van der Waals surface area contributed by atoms with Crippen molar-refractivity contribution >= 4 is 54.0 Å². The summed E-state index contributed by atoms with van der Waals surface area (Å²) in [6.45, 7) is 0. The number of amides is 1. The van der Waals surface area contributed by atoms with Gasteiger partial charge in [0.1, 0.15) is 16.3 Å². The van der Waals surface area contributed by atoms with Gasteiger partial charge in [0.25, 0.3) is 5.91 Å². The first-order valence-electron chi connectivity index (χ1n) is 8.24. The first-order valence-corrected chi connectivity index (χ1v) is 11.7. The SMILES string of the molecule is COc1ccc(-c2nnsc2C(=O)Nc2nc3ccc(S(C)(=O)=O)cc3s2)cc1. The molecule has 0 unspecified atom stereocenters. The monoisotopic (exact) mass is 446 g/mol. The van der Waals surface area contributed by atoms with Gasteiger partial charge < -0.3 is 4.74 Å². The van der Waals surface area contributed by atoms with Crippen LogP contribution >= 0.6 is 22.9 Å². The van der Waals surface area contributed by atoms with Gasteiger partial charge in [-0.15, -0.1) is 5.10 Å². The zero-order valence-corrected chi connectivity index (χ0v) is 17.7. The fraction of sp³-hybridized carbons (Fsp3) is 0.111. The summed E-state index contributed by atoms with van der Waals surface area (Å²) in [6.07, 6.45) is 1.15. The summed E-state index contributed by atoms with van der Waals surface area (Å²) in [5.41, 5.74) is 1.82. The minimum absolute atomic E-state index is 0.208. The van der Waals surface area contributed by atoms with Crippen molar-refractivity contribution in [2.24, 2.45) is 0 Å². The molecule has 0 saturated heterocycles. The Morgan fingerprint density at radius 1 is 1.14 bits per heavy atom. The largest absolute Gasteiger partial charge is 0.497 e. The molecule has 2 aromatic heterocycles. The Kier molecular flexibility index (Phi) is 5.03. The fourth-order valence-corrected chi connectivity index (χ4v) is 4.83. The molecule has 2 aromatic carbocycles. The second-order valence-electron chi connectivity index (χ2n) is 6.05. The van der Waals surface area contributed by atoms with E-state index in [1.807, 2.05) is 0 Å². The van der Waals surface area contributed by atoms with Crippen LogP contribution in [0.3, 0.4) is 0 Å². The number of sulfone groups is 1. The van der Waals surface area contributed by atoms with Crippen LogP contribution in [0.2, 0.25) is 0 Å². The summed E-state index contributed by atoms with van der Waals surface area (Å²) in [6, 6.07) is 11.8. The quantitative estimate of drug-likeness (QED) is 0.499. The first kappa shape index (κ1) is 19.4. The maximum atomic E-state index is 12.8.